The maximum absolute atomic E-state index is 7.26. The van der Waals surface area contributed by atoms with Gasteiger partial charge in [-0.1, -0.05) is 285 Å². The smallest absolute Gasteiger partial charge is 0.252 e. The van der Waals surface area contributed by atoms with Crippen LogP contribution in [-0.2, 0) is 5.41 Å². The van der Waals surface area contributed by atoms with Crippen LogP contribution in [-0.4, -0.2) is 11.3 Å². The molecule has 95 heavy (non-hydrogen) atoms. The van der Waals surface area contributed by atoms with Crippen LogP contribution in [0.15, 0.2) is 350 Å². The van der Waals surface area contributed by atoms with E-state index in [4.69, 9.17) is 4.42 Å². The molecule has 0 N–H and O–H groups in total. The first-order valence-electron chi connectivity index (χ1n) is 33.0. The van der Waals surface area contributed by atoms with Crippen molar-refractivity contribution in [3.63, 3.8) is 0 Å². The van der Waals surface area contributed by atoms with Gasteiger partial charge in [0.25, 0.3) is 6.71 Å². The second-order valence-electron chi connectivity index (χ2n) is 25.8. The third-order valence-electron chi connectivity index (χ3n) is 20.8. The Balaban J connectivity index is 0.936. The third kappa shape index (κ3) is 7.95. The molecule has 20 rings (SSSR count). The fourth-order valence-corrected chi connectivity index (χ4v) is 16.8. The first-order valence-corrected chi connectivity index (χ1v) is 33.0. The highest BCUT2D eigenvalue weighted by Crippen LogP contribution is 2.58. The summed E-state index contributed by atoms with van der Waals surface area (Å²) in [5, 5.41) is 4.61. The number of hydrogen-bond acceptors (Lipinski definition) is 2. The topological polar surface area (TPSA) is 21.3 Å². The average molecular weight is 1210 g/mol. The Labute approximate surface area is 551 Å². The van der Waals surface area contributed by atoms with Crippen molar-refractivity contribution >= 4 is 83.9 Å². The standard InChI is InChI=1S/C91H57BN2O/c1-7-25-58(26-8-1)62-33-21-35-65(49-62)70-42-23-43-71(66-36-22-34-63(50-66)59-27-9-2-10-28-59)89(70)94-83-55-77-73-48-47-64(60-29-11-3-12-30-60)53-86(73)95-87(77)57-81(83)92-80-46-24-44-74-76-54-75-72-41-19-20-45-78(72)91(68-37-15-5-16-38-68,69-39-17-6-18-40-69)79(75)56-82(76)93(90(74)80)84-51-67(52-85(94)88(84)92)61-31-13-4-14-32-61/h1-57H. The number of furan rings is 1. The molecule has 4 heteroatoms. The van der Waals surface area contributed by atoms with Crippen molar-refractivity contribution < 1.29 is 4.42 Å². The Morgan fingerprint density at radius 2 is 0.768 bits per heavy atom. The van der Waals surface area contributed by atoms with Gasteiger partial charge in [0, 0.05) is 55.3 Å². The molecule has 2 aromatic heterocycles. The number of rotatable bonds is 9. The lowest BCUT2D eigenvalue weighted by atomic mass is 9.33. The van der Waals surface area contributed by atoms with E-state index < -0.39 is 5.41 Å². The highest BCUT2D eigenvalue weighted by Gasteiger charge is 2.48. The highest BCUT2D eigenvalue weighted by atomic mass is 16.3. The third-order valence-corrected chi connectivity index (χ3v) is 20.8. The number of aromatic nitrogens is 1. The molecule has 17 aromatic rings. The summed E-state index contributed by atoms with van der Waals surface area (Å²) in [7, 11) is 0. The molecular formula is C91H57BN2O. The van der Waals surface area contributed by atoms with Crippen LogP contribution in [0.3, 0.4) is 0 Å². The van der Waals surface area contributed by atoms with E-state index in [0.717, 1.165) is 100 Å². The van der Waals surface area contributed by atoms with Crippen LogP contribution in [0, 0.1) is 0 Å². The lowest BCUT2D eigenvalue weighted by Crippen LogP contribution is -2.60. The van der Waals surface area contributed by atoms with Gasteiger partial charge in [0.1, 0.15) is 11.2 Å². The van der Waals surface area contributed by atoms with E-state index in [1.807, 2.05) is 0 Å². The molecule has 0 atom stereocenters. The zero-order chi connectivity index (χ0) is 62.3. The number of benzene rings is 15. The molecule has 2 aliphatic heterocycles. The quantitative estimate of drug-likeness (QED) is 0.134. The van der Waals surface area contributed by atoms with Gasteiger partial charge in [-0.25, -0.2) is 0 Å². The van der Waals surface area contributed by atoms with E-state index in [2.05, 4.69) is 355 Å². The van der Waals surface area contributed by atoms with Crippen molar-refractivity contribution in [3.05, 3.63) is 368 Å². The minimum Gasteiger partial charge on any atom is -0.456 e. The summed E-state index contributed by atoms with van der Waals surface area (Å²) in [5.41, 5.74) is 33.0. The van der Waals surface area contributed by atoms with E-state index in [0.29, 0.717) is 0 Å². The van der Waals surface area contributed by atoms with Crippen LogP contribution in [0.5, 0.6) is 0 Å². The number of fused-ring (bicyclic) bond motifs is 13. The molecule has 0 saturated carbocycles. The van der Waals surface area contributed by atoms with Crippen LogP contribution < -0.4 is 21.3 Å². The summed E-state index contributed by atoms with van der Waals surface area (Å²) in [6, 6.07) is 129. The summed E-state index contributed by atoms with van der Waals surface area (Å²) in [6.45, 7) is -0.201. The van der Waals surface area contributed by atoms with Gasteiger partial charge in [-0.15, -0.1) is 0 Å². The van der Waals surface area contributed by atoms with Gasteiger partial charge in [-0.3, -0.25) is 0 Å². The fourth-order valence-electron chi connectivity index (χ4n) is 16.8. The lowest BCUT2D eigenvalue weighted by Gasteiger charge is -2.42. The van der Waals surface area contributed by atoms with Crippen molar-refractivity contribution in [1.29, 1.82) is 0 Å². The van der Waals surface area contributed by atoms with Crippen LogP contribution >= 0.6 is 0 Å². The summed E-state index contributed by atoms with van der Waals surface area (Å²) in [4.78, 5) is 2.67. The SMILES string of the molecule is c1ccc(-c2cccc(-c3cccc(-c4cccc(-c5ccccc5)c4)c3N3c4cc5c(cc4B4c6c3cc(-c3ccccc3)cc6-n3c6cc7c(cc6c6cccc4c63)-c3ccccc3C7(c3ccccc3)c3ccccc3)oc3cc(-c4ccccc4)ccc35)c2)cc1. The predicted molar refractivity (Wildman–Crippen MR) is 397 cm³/mol. The number of anilines is 3. The van der Waals surface area contributed by atoms with Crippen LogP contribution in [0.25, 0.3) is 127 Å². The van der Waals surface area contributed by atoms with E-state index in [9.17, 15) is 0 Å². The highest BCUT2D eigenvalue weighted by molar-refractivity contribution is 7.00. The first kappa shape index (κ1) is 53.4. The van der Waals surface area contributed by atoms with Crippen molar-refractivity contribution in [2.45, 2.75) is 5.41 Å². The average Bonchev–Trinajstić information content (AvgIpc) is 1.62. The van der Waals surface area contributed by atoms with Gasteiger partial charge in [0.05, 0.1) is 16.6 Å². The summed E-state index contributed by atoms with van der Waals surface area (Å²) in [5.74, 6) is 0. The van der Waals surface area contributed by atoms with Gasteiger partial charge < -0.3 is 13.9 Å². The van der Waals surface area contributed by atoms with Gasteiger partial charge in [-0.05, 0) is 166 Å². The molecule has 0 amide bonds. The first-order chi connectivity index (χ1) is 47.1. The van der Waals surface area contributed by atoms with Crippen LogP contribution in [0.2, 0.25) is 0 Å². The Morgan fingerprint density at radius 3 is 1.39 bits per heavy atom. The molecule has 4 heterocycles. The molecule has 440 valence electrons. The molecule has 0 spiro atoms. The molecule has 0 bridgehead atoms. The Bertz CT molecular complexity index is 5820. The summed E-state index contributed by atoms with van der Waals surface area (Å²) < 4.78 is 9.92. The molecule has 3 nitrogen and oxygen atoms in total. The number of para-hydroxylation sites is 2. The predicted octanol–water partition coefficient (Wildman–Crippen LogP) is 21.7. The zero-order valence-corrected chi connectivity index (χ0v) is 51.8. The van der Waals surface area contributed by atoms with Crippen molar-refractivity contribution in [3.8, 4) is 83.6 Å². The Morgan fingerprint density at radius 1 is 0.274 bits per heavy atom. The molecule has 15 aromatic carbocycles. The van der Waals surface area contributed by atoms with Crippen molar-refractivity contribution in [2.24, 2.45) is 0 Å². The number of nitrogens with zero attached hydrogens (tertiary/aromatic N) is 2. The second-order valence-corrected chi connectivity index (χ2v) is 25.8. The molecule has 1 aliphatic carbocycles. The number of hydrogen-bond donors (Lipinski definition) is 0. The molecular weight excluding hydrogens is 1150 g/mol. The van der Waals surface area contributed by atoms with Gasteiger partial charge in [0.2, 0.25) is 0 Å². The normalized spacial score (nSPS) is 13.1. The minimum absolute atomic E-state index is 0.201. The zero-order valence-electron chi connectivity index (χ0n) is 51.8. The minimum atomic E-state index is -0.601. The van der Waals surface area contributed by atoms with E-state index in [1.54, 1.807) is 0 Å². The Kier molecular flexibility index (Phi) is 11.8. The largest absolute Gasteiger partial charge is 0.456 e. The summed E-state index contributed by atoms with van der Waals surface area (Å²) >= 11 is 0. The van der Waals surface area contributed by atoms with E-state index in [1.165, 1.54) is 82.7 Å². The molecule has 0 radical (unpaired) electrons. The van der Waals surface area contributed by atoms with Crippen molar-refractivity contribution in [1.82, 2.24) is 4.57 Å². The Hall–Kier alpha value is -12.2. The van der Waals surface area contributed by atoms with Crippen LogP contribution in [0.1, 0.15) is 22.3 Å². The van der Waals surface area contributed by atoms with E-state index in [-0.39, 0.29) is 6.71 Å². The molecule has 0 saturated heterocycles. The molecule has 0 fully saturated rings. The second kappa shape index (κ2) is 20.9. The maximum atomic E-state index is 7.26. The lowest BCUT2D eigenvalue weighted by molar-refractivity contribution is 0.669. The molecule has 3 aliphatic rings. The molecule has 0 unspecified atom stereocenters. The van der Waals surface area contributed by atoms with Gasteiger partial charge in [-0.2, -0.15) is 0 Å². The van der Waals surface area contributed by atoms with Crippen molar-refractivity contribution in [2.75, 3.05) is 4.90 Å². The van der Waals surface area contributed by atoms with Gasteiger partial charge in [0.15, 0.2) is 0 Å². The maximum Gasteiger partial charge on any atom is 0.252 e. The fraction of sp³-hybridized carbons (Fsp3) is 0.0110. The monoisotopic (exact) mass is 1200 g/mol. The van der Waals surface area contributed by atoms with E-state index >= 15 is 0 Å². The summed E-state index contributed by atoms with van der Waals surface area (Å²) in [6.07, 6.45) is 0. The van der Waals surface area contributed by atoms with Crippen LogP contribution in [0.4, 0.5) is 17.1 Å². The van der Waals surface area contributed by atoms with Gasteiger partial charge >= 0.3 is 0 Å².